The highest BCUT2D eigenvalue weighted by Gasteiger charge is 2.47. The fraction of sp³-hybridized carbons (Fsp3) is 0.700. The number of carbonyl (C=O) groups is 3. The molecule has 2 aliphatic heterocycles. The third-order valence-corrected chi connectivity index (χ3v) is 7.99. The maximum atomic E-state index is 14.9. The summed E-state index contributed by atoms with van der Waals surface area (Å²) in [5, 5.41) is 2.82. The number of hydrogen-bond acceptors (Lipinski definition) is 4. The molecule has 0 aromatic heterocycles. The normalized spacial score (nSPS) is 24.9. The Kier molecular flexibility index (Phi) is 10.8. The average Bonchev–Trinajstić information content (AvgIpc) is 3.23. The first kappa shape index (κ1) is 33.9. The number of piperazine rings is 1. The zero-order valence-corrected chi connectivity index (χ0v) is 26.2. The number of carbonyl (C=O) groups excluding carboxylic acids is 3. The SMILES string of the molecule is CC(=O)NC(CC(C)(C)C)C(=O)N1C[C@H](C)N(C(=O)[C@@H]2CN(C(C)(C)C)C[C@H]2c2ccc(F)cc2F)C[C@H]1C.Cl. The minimum Gasteiger partial charge on any atom is -0.345 e. The number of rotatable bonds is 5. The standard InChI is InChI=1S/C30H46F2N4O3.ClH/c1-18-15-36(28(39)26(33-20(3)37)13-29(4,5)6)19(2)14-35(18)27(38)24-17-34(30(7,8)9)16-23(24)22-11-10-21(31)12-25(22)32;/h10-12,18-19,23-24,26H,13-17H2,1-9H3,(H,33,37);1H/t18-,19+,23-,24+,26?;/m0./s1. The van der Waals surface area contributed by atoms with E-state index < -0.39 is 29.5 Å². The van der Waals surface area contributed by atoms with Crippen LogP contribution in [0.15, 0.2) is 18.2 Å². The number of benzene rings is 1. The predicted molar refractivity (Wildman–Crippen MR) is 155 cm³/mol. The van der Waals surface area contributed by atoms with Crippen molar-refractivity contribution < 1.29 is 23.2 Å². The van der Waals surface area contributed by atoms with E-state index in [-0.39, 0.29) is 53.2 Å². The van der Waals surface area contributed by atoms with Crippen LogP contribution in [0.5, 0.6) is 0 Å². The van der Waals surface area contributed by atoms with Gasteiger partial charge >= 0.3 is 0 Å². The van der Waals surface area contributed by atoms with Crippen molar-refractivity contribution in [2.24, 2.45) is 11.3 Å². The summed E-state index contributed by atoms with van der Waals surface area (Å²) in [4.78, 5) is 45.3. The number of halogens is 3. The predicted octanol–water partition coefficient (Wildman–Crippen LogP) is 4.59. The van der Waals surface area contributed by atoms with Gasteiger partial charge in [-0.15, -0.1) is 12.4 Å². The highest BCUT2D eigenvalue weighted by Crippen LogP contribution is 2.39. The van der Waals surface area contributed by atoms with Crippen LogP contribution in [-0.2, 0) is 14.4 Å². The molecule has 0 saturated carbocycles. The molecule has 7 nitrogen and oxygen atoms in total. The summed E-state index contributed by atoms with van der Waals surface area (Å²) in [5.41, 5.74) is -0.0301. The van der Waals surface area contributed by atoms with E-state index in [1.807, 2.05) is 39.5 Å². The molecule has 1 aromatic carbocycles. The minimum atomic E-state index is -0.642. The topological polar surface area (TPSA) is 73.0 Å². The van der Waals surface area contributed by atoms with Crippen LogP contribution in [0.2, 0.25) is 0 Å². The van der Waals surface area contributed by atoms with Crippen LogP contribution in [0.3, 0.4) is 0 Å². The fourth-order valence-corrected chi connectivity index (χ4v) is 5.93. The molecule has 226 valence electrons. The van der Waals surface area contributed by atoms with Gasteiger partial charge in [0.25, 0.3) is 0 Å². The van der Waals surface area contributed by atoms with Gasteiger partial charge in [-0.1, -0.05) is 26.8 Å². The van der Waals surface area contributed by atoms with Gasteiger partial charge in [-0.3, -0.25) is 19.3 Å². The number of nitrogens with zero attached hydrogens (tertiary/aromatic N) is 3. The van der Waals surface area contributed by atoms with E-state index in [1.54, 1.807) is 4.90 Å². The summed E-state index contributed by atoms with van der Waals surface area (Å²) in [6.07, 6.45) is 0.501. The second kappa shape index (κ2) is 12.7. The molecule has 2 fully saturated rings. The molecule has 1 N–H and O–H groups in total. The summed E-state index contributed by atoms with van der Waals surface area (Å²) in [6, 6.07) is 2.44. The van der Waals surface area contributed by atoms with Crippen LogP contribution in [0, 0.1) is 23.0 Å². The summed E-state index contributed by atoms with van der Waals surface area (Å²) in [5.74, 6) is -2.64. The van der Waals surface area contributed by atoms with E-state index >= 15 is 0 Å². The van der Waals surface area contributed by atoms with Gasteiger partial charge in [0, 0.05) is 62.7 Å². The first-order valence-electron chi connectivity index (χ1n) is 14.0. The van der Waals surface area contributed by atoms with Crippen molar-refractivity contribution >= 4 is 30.1 Å². The maximum Gasteiger partial charge on any atom is 0.245 e. The summed E-state index contributed by atoms with van der Waals surface area (Å²) >= 11 is 0. The molecule has 2 aliphatic rings. The zero-order valence-electron chi connectivity index (χ0n) is 25.4. The number of nitrogens with one attached hydrogen (secondary N) is 1. The number of hydrogen-bond donors (Lipinski definition) is 1. The van der Waals surface area contributed by atoms with Gasteiger partial charge in [0.2, 0.25) is 17.7 Å². The van der Waals surface area contributed by atoms with Gasteiger partial charge in [0.1, 0.15) is 17.7 Å². The van der Waals surface area contributed by atoms with Crippen molar-refractivity contribution in [3.63, 3.8) is 0 Å². The Hall–Kier alpha value is -2.26. The maximum absolute atomic E-state index is 14.9. The second-order valence-electron chi connectivity index (χ2n) is 13.7. The van der Waals surface area contributed by atoms with Crippen molar-refractivity contribution in [2.75, 3.05) is 26.2 Å². The molecule has 0 spiro atoms. The number of amides is 3. The van der Waals surface area contributed by atoms with Crippen LogP contribution in [-0.4, -0.2) is 82.3 Å². The second-order valence-corrected chi connectivity index (χ2v) is 13.7. The van der Waals surface area contributed by atoms with Gasteiger partial charge in [-0.05, 0) is 58.1 Å². The Balaban J connectivity index is 0.00000560. The third-order valence-electron chi connectivity index (χ3n) is 7.99. The molecular formula is C30H47ClF2N4O3. The summed E-state index contributed by atoms with van der Waals surface area (Å²) in [6.45, 7) is 19.2. The zero-order chi connectivity index (χ0) is 29.4. The molecule has 3 rings (SSSR count). The Morgan fingerprint density at radius 1 is 0.950 bits per heavy atom. The first-order valence-corrected chi connectivity index (χ1v) is 14.0. The van der Waals surface area contributed by atoms with E-state index in [0.717, 1.165) is 6.07 Å². The molecule has 10 heteroatoms. The lowest BCUT2D eigenvalue weighted by Crippen LogP contribution is -2.63. The van der Waals surface area contributed by atoms with Crippen molar-refractivity contribution in [1.29, 1.82) is 0 Å². The lowest BCUT2D eigenvalue weighted by atomic mass is 9.86. The van der Waals surface area contributed by atoms with Gasteiger partial charge in [0.05, 0.1) is 5.92 Å². The largest absolute Gasteiger partial charge is 0.345 e. The quantitative estimate of drug-likeness (QED) is 0.549. The molecule has 2 heterocycles. The highest BCUT2D eigenvalue weighted by atomic mass is 35.5. The smallest absolute Gasteiger partial charge is 0.245 e. The fourth-order valence-electron chi connectivity index (χ4n) is 5.93. The minimum absolute atomic E-state index is 0. The van der Waals surface area contributed by atoms with Gasteiger partial charge in [-0.25, -0.2) is 8.78 Å². The molecule has 1 unspecified atom stereocenters. The molecule has 0 aliphatic carbocycles. The molecule has 40 heavy (non-hydrogen) atoms. The van der Waals surface area contributed by atoms with Gasteiger partial charge in [-0.2, -0.15) is 0 Å². The molecule has 0 radical (unpaired) electrons. The summed E-state index contributed by atoms with van der Waals surface area (Å²) < 4.78 is 28.6. The van der Waals surface area contributed by atoms with Gasteiger partial charge < -0.3 is 15.1 Å². The Morgan fingerprint density at radius 3 is 2.05 bits per heavy atom. The van der Waals surface area contributed by atoms with Crippen molar-refractivity contribution in [3.8, 4) is 0 Å². The molecule has 5 atom stereocenters. The third kappa shape index (κ3) is 7.93. The van der Waals surface area contributed by atoms with Gasteiger partial charge in [0.15, 0.2) is 0 Å². The Bertz CT molecular complexity index is 1090. The van der Waals surface area contributed by atoms with E-state index in [2.05, 4.69) is 31.0 Å². The monoisotopic (exact) mass is 584 g/mol. The van der Waals surface area contributed by atoms with E-state index in [0.29, 0.717) is 38.2 Å². The molecule has 2 saturated heterocycles. The van der Waals surface area contributed by atoms with E-state index in [1.165, 1.54) is 19.1 Å². The van der Waals surface area contributed by atoms with E-state index in [4.69, 9.17) is 0 Å². The molecular weight excluding hydrogens is 538 g/mol. The highest BCUT2D eigenvalue weighted by molar-refractivity contribution is 5.88. The Labute approximate surface area is 244 Å². The van der Waals surface area contributed by atoms with Crippen molar-refractivity contribution in [1.82, 2.24) is 20.0 Å². The molecule has 3 amide bonds. The van der Waals surface area contributed by atoms with Crippen LogP contribution < -0.4 is 5.32 Å². The average molecular weight is 585 g/mol. The van der Waals surface area contributed by atoms with Crippen LogP contribution >= 0.6 is 12.4 Å². The lowest BCUT2D eigenvalue weighted by Gasteiger charge is -2.46. The van der Waals surface area contributed by atoms with E-state index in [9.17, 15) is 23.2 Å². The van der Waals surface area contributed by atoms with Crippen LogP contribution in [0.1, 0.15) is 80.2 Å². The number of likely N-dealkylation sites (tertiary alicyclic amines) is 1. The van der Waals surface area contributed by atoms with Crippen LogP contribution in [0.4, 0.5) is 8.78 Å². The van der Waals surface area contributed by atoms with Crippen molar-refractivity contribution in [3.05, 3.63) is 35.4 Å². The van der Waals surface area contributed by atoms with Crippen LogP contribution in [0.25, 0.3) is 0 Å². The molecule has 0 bridgehead atoms. The summed E-state index contributed by atoms with van der Waals surface area (Å²) in [7, 11) is 0. The van der Waals surface area contributed by atoms with Crippen molar-refractivity contribution in [2.45, 2.75) is 98.3 Å². The lowest BCUT2D eigenvalue weighted by molar-refractivity contribution is -0.150. The molecule has 1 aromatic rings. The Morgan fingerprint density at radius 2 is 1.52 bits per heavy atom. The first-order chi connectivity index (χ1) is 17.9.